The first-order valence-corrected chi connectivity index (χ1v) is 9.18. The van der Waals surface area contributed by atoms with Crippen molar-refractivity contribution in [2.24, 2.45) is 5.10 Å². The van der Waals surface area contributed by atoms with Crippen molar-refractivity contribution < 1.29 is 4.74 Å². The Balaban J connectivity index is 1.45. The van der Waals surface area contributed by atoms with Gasteiger partial charge in [-0.1, -0.05) is 41.9 Å². The predicted molar refractivity (Wildman–Crippen MR) is 109 cm³/mol. The van der Waals surface area contributed by atoms with Crippen LogP contribution in [-0.2, 0) is 6.54 Å². The van der Waals surface area contributed by atoms with Crippen molar-refractivity contribution in [3.05, 3.63) is 70.8 Å². The molecule has 0 radical (unpaired) electrons. The molecule has 0 aliphatic carbocycles. The van der Waals surface area contributed by atoms with Gasteiger partial charge in [-0.3, -0.25) is 9.91 Å². The first-order valence-electron chi connectivity index (χ1n) is 8.80. The Morgan fingerprint density at radius 3 is 2.50 bits per heavy atom. The molecule has 2 aromatic carbocycles. The van der Waals surface area contributed by atoms with Gasteiger partial charge in [-0.05, 0) is 35.9 Å². The monoisotopic (exact) mass is 369 g/mol. The van der Waals surface area contributed by atoms with Crippen LogP contribution in [0.25, 0.3) is 6.08 Å². The quantitative estimate of drug-likeness (QED) is 0.715. The van der Waals surface area contributed by atoms with E-state index in [1.165, 1.54) is 5.56 Å². The molecule has 26 heavy (non-hydrogen) atoms. The van der Waals surface area contributed by atoms with Crippen molar-refractivity contribution in [2.45, 2.75) is 6.54 Å². The maximum atomic E-state index is 5.94. The number of nitrogens with zero attached hydrogens (tertiary/aromatic N) is 3. The molecule has 1 aliphatic heterocycles. The molecule has 3 rings (SSSR count). The van der Waals surface area contributed by atoms with Gasteiger partial charge >= 0.3 is 0 Å². The minimum atomic E-state index is 0.786. The molecule has 1 saturated heterocycles. The van der Waals surface area contributed by atoms with Crippen LogP contribution in [0.1, 0.15) is 11.1 Å². The summed E-state index contributed by atoms with van der Waals surface area (Å²) in [7, 11) is 1.68. The molecule has 136 valence electrons. The number of piperazine rings is 1. The average molecular weight is 370 g/mol. The standard InChI is InChI=1S/C21H24ClN3O/c1-26-21-7-3-2-5-19(21)6-4-12-23-25-15-13-24(14-16-25)17-18-8-10-20(22)11-9-18/h2-12H,13-17H2,1H3/b6-4+,23-12?. The predicted octanol–water partition coefficient (Wildman–Crippen LogP) is 4.17. The molecule has 0 saturated carbocycles. The third kappa shape index (κ3) is 5.35. The van der Waals surface area contributed by atoms with E-state index in [1.54, 1.807) is 7.11 Å². The van der Waals surface area contributed by atoms with Crippen LogP contribution in [0.3, 0.4) is 0 Å². The van der Waals surface area contributed by atoms with Gasteiger partial charge in [0.05, 0.1) is 7.11 Å². The number of allylic oxidation sites excluding steroid dienone is 1. The number of halogens is 1. The van der Waals surface area contributed by atoms with Gasteiger partial charge in [-0.15, -0.1) is 0 Å². The van der Waals surface area contributed by atoms with Gasteiger partial charge in [0, 0.05) is 49.5 Å². The van der Waals surface area contributed by atoms with Crippen LogP contribution >= 0.6 is 11.6 Å². The Hall–Kier alpha value is -2.30. The highest BCUT2D eigenvalue weighted by atomic mass is 35.5. The van der Waals surface area contributed by atoms with Gasteiger partial charge < -0.3 is 4.74 Å². The lowest BCUT2D eigenvalue weighted by molar-refractivity contribution is 0.131. The summed E-state index contributed by atoms with van der Waals surface area (Å²) in [6.45, 7) is 4.86. The first kappa shape index (κ1) is 18.5. The van der Waals surface area contributed by atoms with Gasteiger partial charge in [0.15, 0.2) is 0 Å². The minimum Gasteiger partial charge on any atom is -0.496 e. The number of benzene rings is 2. The van der Waals surface area contributed by atoms with Crippen LogP contribution in [0, 0.1) is 0 Å². The molecule has 4 nitrogen and oxygen atoms in total. The summed E-state index contributed by atoms with van der Waals surface area (Å²) in [6, 6.07) is 16.0. The highest BCUT2D eigenvalue weighted by Gasteiger charge is 2.15. The van der Waals surface area contributed by atoms with E-state index in [-0.39, 0.29) is 0 Å². The third-order valence-corrected chi connectivity index (χ3v) is 4.65. The Labute approximate surface area is 160 Å². The number of hydrogen-bond acceptors (Lipinski definition) is 4. The van der Waals surface area contributed by atoms with E-state index in [0.717, 1.165) is 49.1 Å². The Morgan fingerprint density at radius 2 is 1.77 bits per heavy atom. The topological polar surface area (TPSA) is 28.1 Å². The van der Waals surface area contributed by atoms with Crippen molar-refractivity contribution in [1.29, 1.82) is 0 Å². The molecule has 1 fully saturated rings. The average Bonchev–Trinajstić information content (AvgIpc) is 2.68. The van der Waals surface area contributed by atoms with Crippen molar-refractivity contribution >= 4 is 23.9 Å². The van der Waals surface area contributed by atoms with E-state index in [1.807, 2.05) is 54.8 Å². The summed E-state index contributed by atoms with van der Waals surface area (Å²) in [5.74, 6) is 0.868. The minimum absolute atomic E-state index is 0.786. The SMILES string of the molecule is COc1ccccc1/C=C/C=NN1CCN(Cc2ccc(Cl)cc2)CC1. The normalized spacial score (nSPS) is 15.8. The van der Waals surface area contributed by atoms with E-state index in [2.05, 4.69) is 27.1 Å². The Bertz CT molecular complexity index is 750. The second-order valence-corrected chi connectivity index (χ2v) is 6.66. The molecule has 0 spiro atoms. The molecule has 1 aliphatic rings. The van der Waals surface area contributed by atoms with Crippen LogP contribution < -0.4 is 4.74 Å². The van der Waals surface area contributed by atoms with Gasteiger partial charge in [-0.25, -0.2) is 0 Å². The summed E-state index contributed by atoms with van der Waals surface area (Å²) in [4.78, 5) is 2.44. The zero-order chi connectivity index (χ0) is 18.2. The summed E-state index contributed by atoms with van der Waals surface area (Å²) in [6.07, 6.45) is 5.82. The molecule has 2 aromatic rings. The Kier molecular flexibility index (Phi) is 6.69. The summed E-state index contributed by atoms with van der Waals surface area (Å²) in [5.41, 5.74) is 2.35. The van der Waals surface area contributed by atoms with Gasteiger partial charge in [-0.2, -0.15) is 5.10 Å². The number of hydrogen-bond donors (Lipinski definition) is 0. The lowest BCUT2D eigenvalue weighted by atomic mass is 10.2. The number of rotatable bonds is 6. The zero-order valence-corrected chi connectivity index (χ0v) is 15.8. The lowest BCUT2D eigenvalue weighted by Crippen LogP contribution is -2.43. The van der Waals surface area contributed by atoms with Gasteiger partial charge in [0.25, 0.3) is 0 Å². The fourth-order valence-corrected chi connectivity index (χ4v) is 3.07. The third-order valence-electron chi connectivity index (χ3n) is 4.40. The van der Waals surface area contributed by atoms with Crippen LogP contribution in [0.2, 0.25) is 5.02 Å². The number of para-hydroxylation sites is 1. The largest absolute Gasteiger partial charge is 0.496 e. The van der Waals surface area contributed by atoms with Crippen molar-refractivity contribution in [1.82, 2.24) is 9.91 Å². The van der Waals surface area contributed by atoms with Crippen LogP contribution in [0.15, 0.2) is 59.7 Å². The maximum Gasteiger partial charge on any atom is 0.126 e. The molecule has 0 aromatic heterocycles. The number of methoxy groups -OCH3 is 1. The van der Waals surface area contributed by atoms with E-state index < -0.39 is 0 Å². The van der Waals surface area contributed by atoms with E-state index >= 15 is 0 Å². The number of ether oxygens (including phenoxy) is 1. The zero-order valence-electron chi connectivity index (χ0n) is 15.0. The lowest BCUT2D eigenvalue weighted by Gasteiger charge is -2.32. The van der Waals surface area contributed by atoms with Crippen LogP contribution in [-0.4, -0.2) is 49.4 Å². The second kappa shape index (κ2) is 9.41. The highest BCUT2D eigenvalue weighted by Crippen LogP contribution is 2.18. The van der Waals surface area contributed by atoms with Crippen LogP contribution in [0.4, 0.5) is 0 Å². The number of hydrazone groups is 1. The summed E-state index contributed by atoms with van der Waals surface area (Å²) >= 11 is 5.94. The molecule has 5 heteroatoms. The molecular weight excluding hydrogens is 346 g/mol. The smallest absolute Gasteiger partial charge is 0.126 e. The molecule has 0 atom stereocenters. The molecule has 0 unspecified atom stereocenters. The van der Waals surface area contributed by atoms with Crippen LogP contribution in [0.5, 0.6) is 5.75 Å². The van der Waals surface area contributed by atoms with E-state index in [0.29, 0.717) is 0 Å². The van der Waals surface area contributed by atoms with Crippen molar-refractivity contribution in [3.8, 4) is 5.75 Å². The first-order chi connectivity index (χ1) is 12.7. The second-order valence-electron chi connectivity index (χ2n) is 6.22. The van der Waals surface area contributed by atoms with Crippen molar-refractivity contribution in [2.75, 3.05) is 33.3 Å². The summed E-state index contributed by atoms with van der Waals surface area (Å²) < 4.78 is 5.34. The molecular formula is C21H24ClN3O. The highest BCUT2D eigenvalue weighted by molar-refractivity contribution is 6.30. The molecule has 0 amide bonds. The molecule has 0 N–H and O–H groups in total. The fraction of sp³-hybridized carbons (Fsp3) is 0.286. The maximum absolute atomic E-state index is 5.94. The van der Waals surface area contributed by atoms with Crippen molar-refractivity contribution in [3.63, 3.8) is 0 Å². The fourth-order valence-electron chi connectivity index (χ4n) is 2.94. The van der Waals surface area contributed by atoms with E-state index in [4.69, 9.17) is 16.3 Å². The Morgan fingerprint density at radius 1 is 1.04 bits per heavy atom. The van der Waals surface area contributed by atoms with Gasteiger partial charge in [0.1, 0.15) is 5.75 Å². The van der Waals surface area contributed by atoms with Gasteiger partial charge in [0.2, 0.25) is 0 Å². The van der Waals surface area contributed by atoms with E-state index in [9.17, 15) is 0 Å². The molecule has 1 heterocycles. The summed E-state index contributed by atoms with van der Waals surface area (Å²) in [5, 5.41) is 7.45. The molecule has 0 bridgehead atoms.